The predicted octanol–water partition coefficient (Wildman–Crippen LogP) is 11.3. The molecule has 0 spiro atoms. The van der Waals surface area contributed by atoms with Crippen LogP contribution in [0.1, 0.15) is 89.9 Å². The number of methoxy groups -OCH3 is 1. The van der Waals surface area contributed by atoms with E-state index in [4.69, 9.17) is 16.3 Å². The lowest BCUT2D eigenvalue weighted by atomic mass is 10.0. The third-order valence-electron chi connectivity index (χ3n) is 16.9. The van der Waals surface area contributed by atoms with Crippen LogP contribution in [0.3, 0.4) is 0 Å². The van der Waals surface area contributed by atoms with Crippen molar-refractivity contribution in [1.82, 2.24) is 78.0 Å². The Hall–Kier alpha value is -10.9. The first kappa shape index (κ1) is 62.0. The third-order valence-corrected chi connectivity index (χ3v) is 17.1. The average molecular weight is 1290 g/mol. The molecule has 25 heteroatoms. The van der Waals surface area contributed by atoms with Crippen LogP contribution in [-0.2, 0) is 0 Å². The summed E-state index contributed by atoms with van der Waals surface area (Å²) >= 11 is 6.07. The van der Waals surface area contributed by atoms with Crippen molar-refractivity contribution in [2.45, 2.75) is 53.4 Å². The molecule has 16 rings (SSSR count). The molecule has 0 bridgehead atoms. The van der Waals surface area contributed by atoms with Gasteiger partial charge in [-0.05, 0) is 179 Å². The first-order valence-electron chi connectivity index (χ1n) is 30.7. The molecule has 0 atom stereocenters. The second-order valence-electron chi connectivity index (χ2n) is 23.2. The number of benzene rings is 4. The molecular weight excluding hydrogens is 1230 g/mol. The molecule has 0 aliphatic carbocycles. The molecule has 12 aromatic rings. The fourth-order valence-corrected chi connectivity index (χ4v) is 11.7. The van der Waals surface area contributed by atoms with E-state index in [1.165, 1.54) is 29.8 Å². The summed E-state index contributed by atoms with van der Waals surface area (Å²) in [4.78, 5) is 75.8. The highest BCUT2D eigenvalue weighted by Gasteiger charge is 2.33. The van der Waals surface area contributed by atoms with Crippen molar-refractivity contribution in [3.05, 3.63) is 208 Å². The lowest BCUT2D eigenvalue weighted by molar-refractivity contribution is 0.0640. The number of carbonyl (C=O) groups excluding carboxylic acids is 4. The monoisotopic (exact) mass is 1290 g/mol. The van der Waals surface area contributed by atoms with E-state index in [1.807, 2.05) is 61.2 Å². The van der Waals surface area contributed by atoms with E-state index in [0.717, 1.165) is 106 Å². The Morgan fingerprint density at radius 3 is 1.17 bits per heavy atom. The van der Waals surface area contributed by atoms with Gasteiger partial charge in [-0.25, -0.2) is 51.2 Å². The van der Waals surface area contributed by atoms with Crippen molar-refractivity contribution in [3.63, 3.8) is 0 Å². The van der Waals surface area contributed by atoms with Crippen molar-refractivity contribution >= 4 is 57.8 Å². The normalized spacial score (nSPS) is 14.0. The van der Waals surface area contributed by atoms with Crippen molar-refractivity contribution in [1.29, 1.82) is 0 Å². The topological polar surface area (TPSA) is 211 Å². The molecule has 21 nitrogen and oxygen atoms in total. The standard InChI is InChI=1S/C18H17FN4O.C17H15ClN4O.C17H15FN4O2.C17H15FN4O/c1-11-9-13(10-12(2)15(11)19)17-16(18(24)22-7-4-8-22)21-14-5-3-6-20-23(14)17;1-11-10-12(18)5-6-13(11)16-15(17(23)21-8-3-9-21)20-14-4-2-7-19-22(14)16;1-24-13-6-5-11(10-12(13)18)16-15(17(23)21-8-3-9-21)20-14-4-2-7-19-22(14)16;1-11-5-6-12(13(18)10-11)16-15(17(23)21-8-3-9-21)20-14-4-2-7-19-22(14)16/h3,5-6,9-10H,4,7-8H2,1-2H3;2,4-7,10H,3,8-9H2,1H3;2,4-7,10H,3,8-9H2,1H3;2,4-7,10H,3,8-9H2,1H3. The summed E-state index contributed by atoms with van der Waals surface area (Å²) in [7, 11) is 1.41. The summed E-state index contributed by atoms with van der Waals surface area (Å²) in [6.07, 6.45) is 10.6. The summed E-state index contributed by atoms with van der Waals surface area (Å²) in [6.45, 7) is 13.2. The van der Waals surface area contributed by atoms with Gasteiger partial charge in [-0.2, -0.15) is 20.4 Å². The van der Waals surface area contributed by atoms with Crippen LogP contribution in [0.25, 0.3) is 67.6 Å². The highest BCUT2D eigenvalue weighted by Crippen LogP contribution is 2.35. The number of rotatable bonds is 9. The van der Waals surface area contributed by atoms with Gasteiger partial charge in [0.05, 0.1) is 7.11 Å². The number of imidazole rings is 4. The molecule has 4 fully saturated rings. The van der Waals surface area contributed by atoms with Gasteiger partial charge in [0.2, 0.25) is 0 Å². The van der Waals surface area contributed by atoms with Crippen LogP contribution in [0.5, 0.6) is 5.75 Å². The minimum absolute atomic E-state index is 0.0360. The Labute approximate surface area is 541 Å². The van der Waals surface area contributed by atoms with Crippen molar-refractivity contribution in [2.24, 2.45) is 0 Å². The molecule has 8 aromatic heterocycles. The lowest BCUT2D eigenvalue weighted by Crippen LogP contribution is -2.42. The Morgan fingerprint density at radius 2 is 0.798 bits per heavy atom. The minimum atomic E-state index is -0.497. The molecule has 4 aliphatic heterocycles. The quantitative estimate of drug-likeness (QED) is 0.132. The van der Waals surface area contributed by atoms with E-state index >= 15 is 0 Å². The first-order chi connectivity index (χ1) is 45.5. The van der Waals surface area contributed by atoms with Gasteiger partial charge in [0.25, 0.3) is 23.6 Å². The van der Waals surface area contributed by atoms with Gasteiger partial charge in [0.1, 0.15) is 34.4 Å². The Morgan fingerprint density at radius 1 is 0.415 bits per heavy atom. The van der Waals surface area contributed by atoms with E-state index in [0.29, 0.717) is 78.3 Å². The SMILES string of the molecule is COc1ccc(-c2c(C(=O)N3CCC3)nc3cccnn23)cc1F.Cc1cc(-c2c(C(=O)N3CCC3)nc3cccnn23)cc(C)c1F.Cc1cc(Cl)ccc1-c1c(C(=O)N2CCC2)nc2cccnn12.Cc1ccc(-c2c(C(=O)N3CCC3)nc3cccnn23)c(F)c1. The molecule has 0 saturated carbocycles. The van der Waals surface area contributed by atoms with Crippen LogP contribution in [0, 0.1) is 45.1 Å². The zero-order chi connectivity index (χ0) is 65.5. The Bertz CT molecular complexity index is 4780. The molecule has 4 aliphatic rings. The molecule has 94 heavy (non-hydrogen) atoms. The zero-order valence-electron chi connectivity index (χ0n) is 52.0. The summed E-state index contributed by atoms with van der Waals surface area (Å²) in [5, 5.41) is 17.9. The van der Waals surface area contributed by atoms with Gasteiger partial charge in [-0.3, -0.25) is 19.2 Å². The summed E-state index contributed by atoms with van der Waals surface area (Å²) in [5.41, 5.74) is 11.4. The lowest BCUT2D eigenvalue weighted by Gasteiger charge is -2.30. The number of hydrogen-bond acceptors (Lipinski definition) is 13. The summed E-state index contributed by atoms with van der Waals surface area (Å²) in [5.74, 6) is -1.41. The molecule has 0 radical (unpaired) electrons. The first-order valence-corrected chi connectivity index (χ1v) is 31.1. The Kier molecular flexibility index (Phi) is 17.1. The van der Waals surface area contributed by atoms with Gasteiger partial charge in [-0.1, -0.05) is 23.7 Å². The molecule has 4 aromatic carbocycles. The van der Waals surface area contributed by atoms with E-state index in [9.17, 15) is 32.3 Å². The number of likely N-dealkylation sites (tertiary alicyclic amines) is 4. The minimum Gasteiger partial charge on any atom is -0.494 e. The number of carbonyl (C=O) groups is 4. The van der Waals surface area contributed by atoms with Crippen molar-refractivity contribution in [2.75, 3.05) is 59.5 Å². The molecular formula is C69H62ClF3N16O5. The second-order valence-corrected chi connectivity index (χ2v) is 23.6. The summed E-state index contributed by atoms with van der Waals surface area (Å²) < 4.78 is 54.1. The number of fused-ring (bicyclic) bond motifs is 4. The van der Waals surface area contributed by atoms with Crippen LogP contribution in [0.4, 0.5) is 13.2 Å². The molecule has 0 N–H and O–H groups in total. The van der Waals surface area contributed by atoms with Crippen LogP contribution >= 0.6 is 11.6 Å². The number of halogens is 4. The predicted molar refractivity (Wildman–Crippen MR) is 346 cm³/mol. The maximum absolute atomic E-state index is 14.5. The maximum atomic E-state index is 14.5. The van der Waals surface area contributed by atoms with Gasteiger partial charge in [0, 0.05) is 104 Å². The van der Waals surface area contributed by atoms with Crippen molar-refractivity contribution in [3.8, 4) is 50.8 Å². The number of hydrogen-bond donors (Lipinski definition) is 0. The molecule has 4 saturated heterocycles. The number of ether oxygens (including phenoxy) is 1. The van der Waals surface area contributed by atoms with Crippen molar-refractivity contribution < 1.29 is 37.1 Å². The van der Waals surface area contributed by atoms with Crippen LogP contribution in [-0.4, -0.2) is 161 Å². The zero-order valence-corrected chi connectivity index (χ0v) is 52.7. The molecule has 476 valence electrons. The smallest absolute Gasteiger partial charge is 0.274 e. The fourth-order valence-electron chi connectivity index (χ4n) is 11.4. The van der Waals surface area contributed by atoms with Gasteiger partial charge >= 0.3 is 0 Å². The highest BCUT2D eigenvalue weighted by atomic mass is 35.5. The van der Waals surface area contributed by atoms with Gasteiger partial charge < -0.3 is 24.3 Å². The second kappa shape index (κ2) is 26.0. The highest BCUT2D eigenvalue weighted by molar-refractivity contribution is 6.30. The maximum Gasteiger partial charge on any atom is 0.274 e. The molecule has 0 unspecified atom stereocenters. The van der Waals surface area contributed by atoms with E-state index in [2.05, 4.69) is 40.3 Å². The molecule has 4 amide bonds. The number of amides is 4. The number of aromatic nitrogens is 12. The Balaban J connectivity index is 0.000000114. The van der Waals surface area contributed by atoms with Gasteiger partial charge in [-0.15, -0.1) is 0 Å². The summed E-state index contributed by atoms with van der Waals surface area (Å²) in [6, 6.07) is 32.9. The molecule has 12 heterocycles. The van der Waals surface area contributed by atoms with E-state index in [-0.39, 0.29) is 52.4 Å². The largest absolute Gasteiger partial charge is 0.494 e. The average Bonchev–Trinajstić information content (AvgIpc) is 1.63. The van der Waals surface area contributed by atoms with Crippen LogP contribution in [0.15, 0.2) is 140 Å². The van der Waals surface area contributed by atoms with E-state index in [1.54, 1.807) is 121 Å². The third kappa shape index (κ3) is 11.8. The number of aryl methyl sites for hydroxylation is 4. The van der Waals surface area contributed by atoms with Gasteiger partial charge in [0.15, 0.2) is 56.9 Å². The van der Waals surface area contributed by atoms with Crippen LogP contribution in [0.2, 0.25) is 5.02 Å². The van der Waals surface area contributed by atoms with E-state index < -0.39 is 5.82 Å². The fraction of sp³-hybridized carbons (Fsp3) is 0.246. The number of nitrogens with zero attached hydrogens (tertiary/aromatic N) is 16. The van der Waals surface area contributed by atoms with Crippen LogP contribution < -0.4 is 4.74 Å².